The molecule has 13 heteroatoms. The van der Waals surface area contributed by atoms with E-state index in [9.17, 15) is 39.0 Å². The van der Waals surface area contributed by atoms with Gasteiger partial charge in [-0.15, -0.1) is 6.58 Å². The molecule has 0 bridgehead atoms. The molecular formula is C26H33N5O8. The summed E-state index contributed by atoms with van der Waals surface area (Å²) in [4.78, 5) is 80.2. The Bertz CT molecular complexity index is 1440. The van der Waals surface area contributed by atoms with Crippen LogP contribution in [0.25, 0.3) is 0 Å². The van der Waals surface area contributed by atoms with E-state index in [1.54, 1.807) is 44.2 Å². The maximum absolute atomic E-state index is 13.7. The topological polar surface area (TPSA) is 164 Å². The molecule has 210 valence electrons. The summed E-state index contributed by atoms with van der Waals surface area (Å²) >= 11 is 0. The molecule has 3 rings (SSSR count). The van der Waals surface area contributed by atoms with Crippen LogP contribution in [0.5, 0.6) is 0 Å². The van der Waals surface area contributed by atoms with E-state index in [4.69, 9.17) is 0 Å². The maximum atomic E-state index is 13.7. The van der Waals surface area contributed by atoms with Gasteiger partial charge >= 0.3 is 23.1 Å². The van der Waals surface area contributed by atoms with Crippen molar-refractivity contribution in [3.05, 3.63) is 80.0 Å². The smallest absolute Gasteiger partial charge is 0.336 e. The molecule has 3 unspecified atom stereocenters. The number of aromatic nitrogens is 3. The Kier molecular flexibility index (Phi) is 8.87. The number of barbiturate groups is 1. The molecule has 0 spiro atoms. The Labute approximate surface area is 223 Å². The fourth-order valence-corrected chi connectivity index (χ4v) is 4.70. The van der Waals surface area contributed by atoms with Gasteiger partial charge in [0.1, 0.15) is 0 Å². The zero-order valence-electron chi connectivity index (χ0n) is 22.1. The highest BCUT2D eigenvalue weighted by atomic mass is 16.3. The van der Waals surface area contributed by atoms with E-state index in [1.807, 2.05) is 0 Å². The fraction of sp³-hybridized carbons (Fsp3) is 0.462. The van der Waals surface area contributed by atoms with Crippen LogP contribution in [0.4, 0.5) is 4.79 Å². The quantitative estimate of drug-likeness (QED) is 0.276. The second-order valence-electron chi connectivity index (χ2n) is 9.37. The van der Waals surface area contributed by atoms with Crippen molar-refractivity contribution >= 4 is 17.8 Å². The van der Waals surface area contributed by atoms with Gasteiger partial charge < -0.3 is 10.2 Å². The third kappa shape index (κ3) is 5.14. The van der Waals surface area contributed by atoms with Crippen molar-refractivity contribution in [1.82, 2.24) is 23.5 Å². The summed E-state index contributed by atoms with van der Waals surface area (Å²) in [5.74, 6) is -1.54. The molecule has 2 aromatic rings. The van der Waals surface area contributed by atoms with E-state index < -0.39 is 65.6 Å². The fourth-order valence-electron chi connectivity index (χ4n) is 4.70. The molecule has 4 amide bonds. The SMILES string of the molecule is C=CCn1c(=O)n(CC(O)CC)c(=O)n(CC(O)CN2C(=O)N(C)C(=O)C(CC)(c3ccccc3)C2=O)c1=O. The predicted octanol–water partition coefficient (Wildman–Crippen LogP) is -0.742. The standard InChI is InChI=1S/C26H33N5O8/c1-5-13-28-23(37)30(14-18(32)6-2)25(39)31(24(28)38)16-19(33)15-29-21(35)26(7-3,17-11-9-8-10-12-17)20(34)27(4)22(29)36/h5,8-12,18-19,32-33H,1,6-7,13-16H2,2-4H3. The summed E-state index contributed by atoms with van der Waals surface area (Å²) in [6.45, 7) is 4.87. The first-order chi connectivity index (χ1) is 18.5. The van der Waals surface area contributed by atoms with Crippen LogP contribution >= 0.6 is 0 Å². The summed E-state index contributed by atoms with van der Waals surface area (Å²) in [5, 5.41) is 20.9. The maximum Gasteiger partial charge on any atom is 0.336 e. The number of carbonyl (C=O) groups excluding carboxylic acids is 3. The highest BCUT2D eigenvalue weighted by molar-refractivity contribution is 6.22. The van der Waals surface area contributed by atoms with E-state index in [-0.39, 0.29) is 25.9 Å². The molecule has 39 heavy (non-hydrogen) atoms. The van der Waals surface area contributed by atoms with Crippen molar-refractivity contribution < 1.29 is 24.6 Å². The Hall–Kier alpha value is -4.10. The second-order valence-corrected chi connectivity index (χ2v) is 9.37. The van der Waals surface area contributed by atoms with Gasteiger partial charge in [-0.2, -0.15) is 0 Å². The molecule has 13 nitrogen and oxygen atoms in total. The number of benzene rings is 1. The van der Waals surface area contributed by atoms with Crippen LogP contribution in [0.1, 0.15) is 32.3 Å². The summed E-state index contributed by atoms with van der Waals surface area (Å²) in [6.07, 6.45) is -1.11. The Morgan fingerprint density at radius 1 is 0.821 bits per heavy atom. The number of aliphatic hydroxyl groups is 2. The first kappa shape index (κ1) is 29.5. The van der Waals surface area contributed by atoms with Gasteiger partial charge in [-0.05, 0) is 18.4 Å². The lowest BCUT2D eigenvalue weighted by Gasteiger charge is -2.43. The molecule has 0 radical (unpaired) electrons. The van der Waals surface area contributed by atoms with Crippen molar-refractivity contribution in [1.29, 1.82) is 0 Å². The summed E-state index contributed by atoms with van der Waals surface area (Å²) < 4.78 is 2.02. The monoisotopic (exact) mass is 543 g/mol. The number of likely N-dealkylation sites (N-methyl/N-ethyl adjacent to an activating group) is 1. The normalized spacial score (nSPS) is 19.4. The molecule has 1 aromatic carbocycles. The summed E-state index contributed by atoms with van der Waals surface area (Å²) in [6, 6.07) is 7.29. The van der Waals surface area contributed by atoms with Gasteiger partial charge in [0.25, 0.3) is 11.8 Å². The molecule has 1 fully saturated rings. The van der Waals surface area contributed by atoms with E-state index in [1.165, 1.54) is 13.1 Å². The van der Waals surface area contributed by atoms with Gasteiger partial charge in [0.2, 0.25) is 0 Å². The minimum atomic E-state index is -1.71. The van der Waals surface area contributed by atoms with Gasteiger partial charge in [0.15, 0.2) is 5.41 Å². The van der Waals surface area contributed by atoms with Crippen LogP contribution in [0, 0.1) is 0 Å². The summed E-state index contributed by atoms with van der Waals surface area (Å²) in [5.41, 5.74) is -4.36. The first-order valence-corrected chi connectivity index (χ1v) is 12.6. The van der Waals surface area contributed by atoms with Crippen LogP contribution in [0.15, 0.2) is 57.4 Å². The molecule has 1 aliphatic heterocycles. The number of nitrogens with zero attached hydrogens (tertiary/aromatic N) is 5. The van der Waals surface area contributed by atoms with Crippen LogP contribution in [0.2, 0.25) is 0 Å². The third-order valence-electron chi connectivity index (χ3n) is 6.94. The van der Waals surface area contributed by atoms with Gasteiger partial charge in [-0.1, -0.05) is 50.3 Å². The van der Waals surface area contributed by atoms with Crippen LogP contribution in [0.3, 0.4) is 0 Å². The molecule has 0 aliphatic carbocycles. The zero-order chi connectivity index (χ0) is 29.1. The molecule has 0 saturated carbocycles. The number of aliphatic hydroxyl groups excluding tert-OH is 2. The molecule has 1 aromatic heterocycles. The molecule has 1 saturated heterocycles. The van der Waals surface area contributed by atoms with Crippen molar-refractivity contribution in [2.24, 2.45) is 0 Å². The minimum absolute atomic E-state index is 0.0370. The van der Waals surface area contributed by atoms with Gasteiger partial charge in [0.05, 0.1) is 38.4 Å². The van der Waals surface area contributed by atoms with Crippen LogP contribution in [-0.2, 0) is 34.6 Å². The average Bonchev–Trinajstić information content (AvgIpc) is 2.93. The lowest BCUT2D eigenvalue weighted by molar-refractivity contribution is -0.152. The first-order valence-electron chi connectivity index (χ1n) is 12.6. The van der Waals surface area contributed by atoms with Crippen molar-refractivity contribution in [2.45, 2.75) is 63.9 Å². The zero-order valence-corrected chi connectivity index (χ0v) is 22.1. The number of imide groups is 2. The number of rotatable bonds is 11. The largest absolute Gasteiger partial charge is 0.391 e. The van der Waals surface area contributed by atoms with E-state index >= 15 is 0 Å². The number of urea groups is 1. The Morgan fingerprint density at radius 3 is 1.87 bits per heavy atom. The van der Waals surface area contributed by atoms with Crippen LogP contribution in [-0.4, -0.2) is 77.4 Å². The molecule has 3 atom stereocenters. The Balaban J connectivity index is 2.02. The number of carbonyl (C=O) groups is 3. The Morgan fingerprint density at radius 2 is 1.36 bits per heavy atom. The number of hydrogen-bond donors (Lipinski definition) is 2. The average molecular weight is 544 g/mol. The molecular weight excluding hydrogens is 510 g/mol. The summed E-state index contributed by atoms with van der Waals surface area (Å²) in [7, 11) is 1.23. The van der Waals surface area contributed by atoms with Crippen LogP contribution < -0.4 is 17.1 Å². The van der Waals surface area contributed by atoms with E-state index in [0.29, 0.717) is 14.7 Å². The predicted molar refractivity (Wildman–Crippen MR) is 140 cm³/mol. The second kappa shape index (κ2) is 11.7. The number of allylic oxidation sites excluding steroid dienone is 1. The number of β-amino-alcohol motifs (C(OH)–C–C–N with tert-alkyl or cyclic N) is 1. The van der Waals surface area contributed by atoms with Gasteiger partial charge in [0, 0.05) is 7.05 Å². The molecule has 2 N–H and O–H groups in total. The molecule has 1 aliphatic rings. The highest BCUT2D eigenvalue weighted by Crippen LogP contribution is 2.36. The molecule has 2 heterocycles. The van der Waals surface area contributed by atoms with Crippen molar-refractivity contribution in [2.75, 3.05) is 13.6 Å². The van der Waals surface area contributed by atoms with E-state index in [0.717, 1.165) is 14.4 Å². The lowest BCUT2D eigenvalue weighted by atomic mass is 9.74. The van der Waals surface area contributed by atoms with Crippen molar-refractivity contribution in [3.8, 4) is 0 Å². The minimum Gasteiger partial charge on any atom is -0.391 e. The highest BCUT2D eigenvalue weighted by Gasteiger charge is 2.56. The van der Waals surface area contributed by atoms with Gasteiger partial charge in [-0.25, -0.2) is 32.9 Å². The van der Waals surface area contributed by atoms with E-state index in [2.05, 4.69) is 6.58 Å². The van der Waals surface area contributed by atoms with Gasteiger partial charge in [-0.3, -0.25) is 19.4 Å². The third-order valence-corrected chi connectivity index (χ3v) is 6.94. The van der Waals surface area contributed by atoms with Crippen molar-refractivity contribution in [3.63, 3.8) is 0 Å². The lowest BCUT2D eigenvalue weighted by Crippen LogP contribution is -2.67. The number of amides is 4. The number of hydrogen-bond acceptors (Lipinski definition) is 8.